The van der Waals surface area contributed by atoms with Crippen molar-refractivity contribution in [2.45, 2.75) is 91.9 Å². The van der Waals surface area contributed by atoms with Crippen LogP contribution in [0.3, 0.4) is 0 Å². The molecule has 0 saturated heterocycles. The van der Waals surface area contributed by atoms with E-state index in [9.17, 15) is 19.8 Å². The maximum absolute atomic E-state index is 13.5. The summed E-state index contributed by atoms with van der Waals surface area (Å²) in [5.74, 6) is -1.31. The van der Waals surface area contributed by atoms with Crippen molar-refractivity contribution in [1.82, 2.24) is 0 Å². The number of hydrogen-bond acceptors (Lipinski definition) is 4. The van der Waals surface area contributed by atoms with Crippen LogP contribution in [0.5, 0.6) is 0 Å². The SMILES string of the molecule is CCCCCCC1=CC2=C(O)C(=O)C3=CC(CCCCCC)=CC4=C(O)C(=O)C(=C1)C2(C)C34C. The first-order valence-corrected chi connectivity index (χ1v) is 13.0. The van der Waals surface area contributed by atoms with Crippen molar-refractivity contribution in [3.63, 3.8) is 0 Å². The predicted octanol–water partition coefficient (Wildman–Crippen LogP) is 7.46. The van der Waals surface area contributed by atoms with Gasteiger partial charge in [-0.25, -0.2) is 0 Å². The second kappa shape index (κ2) is 9.20. The zero-order valence-electron chi connectivity index (χ0n) is 21.1. The van der Waals surface area contributed by atoms with Crippen LogP contribution in [-0.2, 0) is 9.59 Å². The van der Waals surface area contributed by atoms with Crippen LogP contribution in [0, 0.1) is 10.8 Å². The standard InChI is InChI=1S/C30H38O4/c1-5-7-9-11-13-19-15-21-25(31)27(33)23-17-20(14-12-10-8-6-2)18-24-28(34)26(32)22(16-19)29(21,3)30(23,24)4/h15-18,31,34H,5-14H2,1-4H3. The van der Waals surface area contributed by atoms with Gasteiger partial charge in [0.2, 0.25) is 11.6 Å². The molecule has 0 heterocycles. The molecule has 0 aliphatic heterocycles. The van der Waals surface area contributed by atoms with Gasteiger partial charge >= 0.3 is 0 Å². The van der Waals surface area contributed by atoms with Gasteiger partial charge in [-0.2, -0.15) is 0 Å². The van der Waals surface area contributed by atoms with Gasteiger partial charge < -0.3 is 10.2 Å². The molecule has 2 N–H and O–H groups in total. The first-order valence-electron chi connectivity index (χ1n) is 13.0. The van der Waals surface area contributed by atoms with E-state index >= 15 is 0 Å². The highest BCUT2D eigenvalue weighted by molar-refractivity contribution is 6.17. The van der Waals surface area contributed by atoms with Crippen molar-refractivity contribution < 1.29 is 19.8 Å². The fourth-order valence-electron chi connectivity index (χ4n) is 6.27. The van der Waals surface area contributed by atoms with Crippen LogP contribution >= 0.6 is 0 Å². The molecule has 4 heteroatoms. The summed E-state index contributed by atoms with van der Waals surface area (Å²) < 4.78 is 0. The number of carbonyl (C=O) groups excluding carboxylic acids is 2. The summed E-state index contributed by atoms with van der Waals surface area (Å²) >= 11 is 0. The molecular weight excluding hydrogens is 424 g/mol. The molecule has 34 heavy (non-hydrogen) atoms. The van der Waals surface area contributed by atoms with Crippen molar-refractivity contribution in [2.24, 2.45) is 10.8 Å². The molecule has 182 valence electrons. The van der Waals surface area contributed by atoms with Gasteiger partial charge in [-0.3, -0.25) is 9.59 Å². The van der Waals surface area contributed by atoms with Gasteiger partial charge in [-0.1, -0.05) is 76.7 Å². The molecule has 0 amide bonds. The third kappa shape index (κ3) is 3.49. The Bertz CT molecular complexity index is 1020. The lowest BCUT2D eigenvalue weighted by atomic mass is 9.44. The third-order valence-electron chi connectivity index (χ3n) is 8.54. The lowest BCUT2D eigenvalue weighted by molar-refractivity contribution is -0.120. The molecule has 0 aromatic rings. The molecule has 2 atom stereocenters. The summed E-state index contributed by atoms with van der Waals surface area (Å²) in [4.78, 5) is 27.0. The van der Waals surface area contributed by atoms with Crippen molar-refractivity contribution in [3.05, 3.63) is 69.3 Å². The summed E-state index contributed by atoms with van der Waals surface area (Å²) in [5, 5.41) is 22.3. The summed E-state index contributed by atoms with van der Waals surface area (Å²) in [5.41, 5.74) is 2.02. The molecular formula is C30H38O4. The van der Waals surface area contributed by atoms with Crippen LogP contribution in [0.2, 0.25) is 0 Å². The summed E-state index contributed by atoms with van der Waals surface area (Å²) in [7, 11) is 0. The quantitative estimate of drug-likeness (QED) is 0.330. The topological polar surface area (TPSA) is 74.6 Å². The van der Waals surface area contributed by atoms with E-state index in [-0.39, 0.29) is 11.5 Å². The number of aliphatic hydroxyl groups excluding tert-OH is 2. The minimum absolute atomic E-state index is 0.261. The molecule has 4 rings (SSSR count). The van der Waals surface area contributed by atoms with E-state index in [0.29, 0.717) is 22.3 Å². The van der Waals surface area contributed by atoms with Gasteiger partial charge in [0.25, 0.3) is 0 Å². The predicted molar refractivity (Wildman–Crippen MR) is 135 cm³/mol. The van der Waals surface area contributed by atoms with Gasteiger partial charge in [0.1, 0.15) is 0 Å². The van der Waals surface area contributed by atoms with E-state index in [0.717, 1.165) is 75.4 Å². The van der Waals surface area contributed by atoms with Crippen LogP contribution in [0.4, 0.5) is 0 Å². The molecule has 0 bridgehead atoms. The largest absolute Gasteiger partial charge is 0.504 e. The molecule has 4 aliphatic rings. The molecule has 0 aromatic carbocycles. The third-order valence-corrected chi connectivity index (χ3v) is 8.54. The highest BCUT2D eigenvalue weighted by Crippen LogP contribution is 2.67. The van der Waals surface area contributed by atoms with E-state index in [2.05, 4.69) is 13.8 Å². The number of unbranched alkanes of at least 4 members (excludes halogenated alkanes) is 6. The Morgan fingerprint density at radius 3 is 1.35 bits per heavy atom. The normalized spacial score (nSPS) is 27.9. The summed E-state index contributed by atoms with van der Waals surface area (Å²) in [6.07, 6.45) is 17.9. The molecule has 4 aliphatic carbocycles. The smallest absolute Gasteiger partial charge is 0.224 e. The monoisotopic (exact) mass is 462 g/mol. The summed E-state index contributed by atoms with van der Waals surface area (Å²) in [6.45, 7) is 8.22. The Hall–Kier alpha value is -2.62. The fourth-order valence-corrected chi connectivity index (χ4v) is 6.27. The highest BCUT2D eigenvalue weighted by Gasteiger charge is 2.65. The number of carbonyl (C=O) groups is 2. The van der Waals surface area contributed by atoms with Crippen molar-refractivity contribution in [2.75, 3.05) is 0 Å². The number of rotatable bonds is 10. The zero-order valence-corrected chi connectivity index (χ0v) is 21.1. The van der Waals surface area contributed by atoms with Gasteiger partial charge in [0.05, 0.1) is 0 Å². The Morgan fingerprint density at radius 2 is 1.00 bits per heavy atom. The maximum Gasteiger partial charge on any atom is 0.224 e. The van der Waals surface area contributed by atoms with Crippen LogP contribution < -0.4 is 0 Å². The van der Waals surface area contributed by atoms with Gasteiger partial charge in [-0.15, -0.1) is 0 Å². The van der Waals surface area contributed by atoms with Crippen LogP contribution in [0.15, 0.2) is 69.3 Å². The number of Topliss-reactive ketones (excluding diaryl/α,β-unsaturated/α-hetero) is 2. The van der Waals surface area contributed by atoms with E-state index in [4.69, 9.17) is 0 Å². The highest BCUT2D eigenvalue weighted by atomic mass is 16.3. The lowest BCUT2D eigenvalue weighted by Crippen LogP contribution is -2.55. The molecule has 0 aromatic heterocycles. The minimum atomic E-state index is -0.910. The molecule has 0 saturated carbocycles. The number of hydrogen-bond donors (Lipinski definition) is 2. The second-order valence-corrected chi connectivity index (χ2v) is 10.6. The van der Waals surface area contributed by atoms with Crippen LogP contribution in [0.25, 0.3) is 0 Å². The number of aliphatic hydroxyl groups is 2. The van der Waals surface area contributed by atoms with Crippen molar-refractivity contribution in [3.8, 4) is 0 Å². The van der Waals surface area contributed by atoms with Crippen molar-refractivity contribution in [1.29, 1.82) is 0 Å². The van der Waals surface area contributed by atoms with E-state index in [1.165, 1.54) is 0 Å². The molecule has 0 radical (unpaired) electrons. The van der Waals surface area contributed by atoms with E-state index in [1.807, 2.05) is 38.2 Å². The molecule has 0 spiro atoms. The first kappa shape index (κ1) is 24.5. The van der Waals surface area contributed by atoms with Gasteiger partial charge in [0, 0.05) is 33.1 Å². The fraction of sp³-hybridized carbons (Fsp3) is 0.533. The van der Waals surface area contributed by atoms with Gasteiger partial charge in [0.15, 0.2) is 11.5 Å². The van der Waals surface area contributed by atoms with E-state index in [1.54, 1.807) is 0 Å². The average molecular weight is 463 g/mol. The number of ketones is 2. The van der Waals surface area contributed by atoms with Gasteiger partial charge in [-0.05, 0) is 50.7 Å². The van der Waals surface area contributed by atoms with Crippen LogP contribution in [-0.4, -0.2) is 21.8 Å². The Balaban J connectivity index is 1.82. The Morgan fingerprint density at radius 1 is 0.618 bits per heavy atom. The maximum atomic E-state index is 13.5. The molecule has 0 fully saturated rings. The number of allylic oxidation sites excluding steroid dienone is 10. The zero-order chi connectivity index (χ0) is 24.7. The first-order chi connectivity index (χ1) is 16.2. The second-order valence-electron chi connectivity index (χ2n) is 10.6. The molecule has 4 nitrogen and oxygen atoms in total. The summed E-state index contributed by atoms with van der Waals surface area (Å²) in [6, 6.07) is 0. The van der Waals surface area contributed by atoms with Crippen molar-refractivity contribution >= 4 is 11.6 Å². The van der Waals surface area contributed by atoms with E-state index < -0.39 is 22.4 Å². The lowest BCUT2D eigenvalue weighted by Gasteiger charge is -2.57. The Labute approximate surface area is 203 Å². The minimum Gasteiger partial charge on any atom is -0.504 e. The Kier molecular flexibility index (Phi) is 6.63. The van der Waals surface area contributed by atoms with Crippen LogP contribution in [0.1, 0.15) is 91.9 Å². The average Bonchev–Trinajstić information content (AvgIpc) is 2.82. The molecule has 2 unspecified atom stereocenters.